The van der Waals surface area contributed by atoms with Gasteiger partial charge < -0.3 is 5.73 Å². The predicted octanol–water partition coefficient (Wildman–Crippen LogP) is 5.53. The van der Waals surface area contributed by atoms with Crippen molar-refractivity contribution in [3.05, 3.63) is 37.0 Å². The third-order valence-electron chi connectivity index (χ3n) is 3.35. The Bertz CT molecular complexity index is 240. The summed E-state index contributed by atoms with van der Waals surface area (Å²) in [7, 11) is 0. The molecule has 0 radical (unpaired) electrons. The molecule has 0 amide bonds. The first-order valence-corrected chi connectivity index (χ1v) is 8.01. The van der Waals surface area contributed by atoms with Gasteiger partial charge in [-0.25, -0.2) is 0 Å². The topological polar surface area (TPSA) is 26.0 Å². The van der Waals surface area contributed by atoms with Crippen molar-refractivity contribution in [2.75, 3.05) is 0 Å². The SMILES string of the molecule is C=C/C=C\C=C\CCCCCCCCC(N)CCC. The molecule has 19 heavy (non-hydrogen) atoms. The molecule has 0 aliphatic heterocycles. The lowest BCUT2D eigenvalue weighted by Crippen LogP contribution is -2.18. The van der Waals surface area contributed by atoms with E-state index in [-0.39, 0.29) is 0 Å². The van der Waals surface area contributed by atoms with Gasteiger partial charge in [0.2, 0.25) is 0 Å². The predicted molar refractivity (Wildman–Crippen MR) is 88.3 cm³/mol. The highest BCUT2D eigenvalue weighted by atomic mass is 14.6. The maximum Gasteiger partial charge on any atom is 0.00387 e. The van der Waals surface area contributed by atoms with Crippen LogP contribution in [0.15, 0.2) is 37.0 Å². The van der Waals surface area contributed by atoms with Crippen molar-refractivity contribution >= 4 is 0 Å². The minimum atomic E-state index is 0.443. The van der Waals surface area contributed by atoms with Gasteiger partial charge in [0.1, 0.15) is 0 Å². The molecule has 0 aliphatic carbocycles. The van der Waals surface area contributed by atoms with Gasteiger partial charge >= 0.3 is 0 Å². The Balaban J connectivity index is 3.16. The van der Waals surface area contributed by atoms with Crippen molar-refractivity contribution in [2.45, 2.75) is 77.2 Å². The zero-order valence-corrected chi connectivity index (χ0v) is 12.8. The Morgan fingerprint density at radius 2 is 1.58 bits per heavy atom. The fourth-order valence-electron chi connectivity index (χ4n) is 2.21. The van der Waals surface area contributed by atoms with Crippen LogP contribution in [-0.2, 0) is 0 Å². The van der Waals surface area contributed by atoms with Gasteiger partial charge in [0.15, 0.2) is 0 Å². The maximum atomic E-state index is 6.00. The van der Waals surface area contributed by atoms with Gasteiger partial charge in [-0.3, -0.25) is 0 Å². The van der Waals surface area contributed by atoms with E-state index in [2.05, 4.69) is 25.7 Å². The Morgan fingerprint density at radius 3 is 2.26 bits per heavy atom. The first kappa shape index (κ1) is 18.2. The number of allylic oxidation sites excluding steroid dienone is 5. The Labute approximate surface area is 120 Å². The molecule has 0 aliphatic rings. The standard InChI is InChI=1S/C18H33N/c1-3-5-6-7-8-9-10-11-12-13-14-15-17-18(19)16-4-2/h3,5-8,18H,1,4,9-17,19H2,2H3/b6-5-,8-7+. The lowest BCUT2D eigenvalue weighted by atomic mass is 10.0. The summed E-state index contributed by atoms with van der Waals surface area (Å²) >= 11 is 0. The minimum absolute atomic E-state index is 0.443. The van der Waals surface area contributed by atoms with E-state index < -0.39 is 0 Å². The van der Waals surface area contributed by atoms with Gasteiger partial charge in [-0.15, -0.1) is 0 Å². The zero-order valence-electron chi connectivity index (χ0n) is 12.8. The third-order valence-corrected chi connectivity index (χ3v) is 3.35. The zero-order chi connectivity index (χ0) is 14.2. The van der Waals surface area contributed by atoms with Gasteiger partial charge in [-0.2, -0.15) is 0 Å². The minimum Gasteiger partial charge on any atom is -0.328 e. The van der Waals surface area contributed by atoms with E-state index >= 15 is 0 Å². The van der Waals surface area contributed by atoms with Crippen LogP contribution in [-0.4, -0.2) is 6.04 Å². The molecule has 0 rings (SSSR count). The van der Waals surface area contributed by atoms with Crippen molar-refractivity contribution in [1.82, 2.24) is 0 Å². The van der Waals surface area contributed by atoms with E-state index in [0.717, 1.165) is 0 Å². The van der Waals surface area contributed by atoms with Crippen LogP contribution >= 0.6 is 0 Å². The van der Waals surface area contributed by atoms with E-state index in [1.54, 1.807) is 6.08 Å². The molecule has 110 valence electrons. The van der Waals surface area contributed by atoms with E-state index in [1.807, 2.05) is 12.2 Å². The summed E-state index contributed by atoms with van der Waals surface area (Å²) in [6.45, 7) is 5.85. The maximum absolute atomic E-state index is 6.00. The summed E-state index contributed by atoms with van der Waals surface area (Å²) in [4.78, 5) is 0. The number of unbranched alkanes of at least 4 members (excludes halogenated alkanes) is 6. The molecule has 0 fully saturated rings. The van der Waals surface area contributed by atoms with Gasteiger partial charge in [0.25, 0.3) is 0 Å². The highest BCUT2D eigenvalue weighted by Crippen LogP contribution is 2.11. The second-order valence-corrected chi connectivity index (χ2v) is 5.30. The van der Waals surface area contributed by atoms with Gasteiger partial charge in [-0.1, -0.05) is 82.4 Å². The van der Waals surface area contributed by atoms with Crippen LogP contribution in [0.4, 0.5) is 0 Å². The van der Waals surface area contributed by atoms with Crippen LogP contribution in [0.5, 0.6) is 0 Å². The van der Waals surface area contributed by atoms with Crippen molar-refractivity contribution < 1.29 is 0 Å². The summed E-state index contributed by atoms with van der Waals surface area (Å²) in [5.74, 6) is 0. The Morgan fingerprint density at radius 1 is 0.895 bits per heavy atom. The fraction of sp³-hybridized carbons (Fsp3) is 0.667. The summed E-state index contributed by atoms with van der Waals surface area (Å²) < 4.78 is 0. The van der Waals surface area contributed by atoms with Gasteiger partial charge in [0.05, 0.1) is 0 Å². The first-order valence-electron chi connectivity index (χ1n) is 8.01. The van der Waals surface area contributed by atoms with Crippen LogP contribution < -0.4 is 5.73 Å². The number of nitrogens with two attached hydrogens (primary N) is 1. The normalized spacial score (nSPS) is 13.4. The highest BCUT2D eigenvalue weighted by molar-refractivity contribution is 5.08. The molecule has 0 bridgehead atoms. The third kappa shape index (κ3) is 15.1. The smallest absolute Gasteiger partial charge is 0.00387 e. The molecule has 0 saturated heterocycles. The largest absolute Gasteiger partial charge is 0.328 e. The lowest BCUT2D eigenvalue weighted by molar-refractivity contribution is 0.507. The average molecular weight is 263 g/mol. The van der Waals surface area contributed by atoms with Crippen LogP contribution in [0.3, 0.4) is 0 Å². The molecular formula is C18H33N. The van der Waals surface area contributed by atoms with Gasteiger partial charge in [0, 0.05) is 6.04 Å². The lowest BCUT2D eigenvalue weighted by Gasteiger charge is -2.09. The summed E-state index contributed by atoms with van der Waals surface area (Å²) in [6.07, 6.45) is 23.0. The summed E-state index contributed by atoms with van der Waals surface area (Å²) in [5.41, 5.74) is 6.00. The number of hydrogen-bond donors (Lipinski definition) is 1. The molecule has 0 aromatic carbocycles. The summed E-state index contributed by atoms with van der Waals surface area (Å²) in [6, 6.07) is 0.443. The van der Waals surface area contributed by atoms with E-state index in [1.165, 1.54) is 64.2 Å². The molecular weight excluding hydrogens is 230 g/mol. The van der Waals surface area contributed by atoms with Crippen LogP contribution in [0.2, 0.25) is 0 Å². The second kappa shape index (κ2) is 15.2. The van der Waals surface area contributed by atoms with Crippen LogP contribution in [0.25, 0.3) is 0 Å². The number of hydrogen-bond acceptors (Lipinski definition) is 1. The van der Waals surface area contributed by atoms with E-state index in [9.17, 15) is 0 Å². The van der Waals surface area contributed by atoms with Crippen molar-refractivity contribution in [3.8, 4) is 0 Å². The molecule has 2 N–H and O–H groups in total. The molecule has 0 spiro atoms. The molecule has 1 nitrogen and oxygen atoms in total. The van der Waals surface area contributed by atoms with E-state index in [4.69, 9.17) is 5.73 Å². The summed E-state index contributed by atoms with van der Waals surface area (Å²) in [5, 5.41) is 0. The second-order valence-electron chi connectivity index (χ2n) is 5.30. The first-order chi connectivity index (χ1) is 9.31. The molecule has 0 saturated carbocycles. The highest BCUT2D eigenvalue weighted by Gasteiger charge is 1.99. The van der Waals surface area contributed by atoms with Gasteiger partial charge in [-0.05, 0) is 25.7 Å². The number of rotatable bonds is 13. The Hall–Kier alpha value is -0.820. The fourth-order valence-corrected chi connectivity index (χ4v) is 2.21. The molecule has 0 aromatic heterocycles. The van der Waals surface area contributed by atoms with Crippen LogP contribution in [0, 0.1) is 0 Å². The Kier molecular flexibility index (Phi) is 14.6. The van der Waals surface area contributed by atoms with E-state index in [0.29, 0.717) is 6.04 Å². The quantitative estimate of drug-likeness (QED) is 0.343. The van der Waals surface area contributed by atoms with Crippen molar-refractivity contribution in [2.24, 2.45) is 5.73 Å². The molecule has 0 aromatic rings. The van der Waals surface area contributed by atoms with Crippen LogP contribution in [0.1, 0.15) is 71.1 Å². The molecule has 1 heteroatoms. The average Bonchev–Trinajstić information content (AvgIpc) is 2.40. The molecule has 1 atom stereocenters. The molecule has 1 unspecified atom stereocenters. The monoisotopic (exact) mass is 263 g/mol. The molecule has 0 heterocycles. The van der Waals surface area contributed by atoms with Crippen molar-refractivity contribution in [1.29, 1.82) is 0 Å². The van der Waals surface area contributed by atoms with Crippen molar-refractivity contribution in [3.63, 3.8) is 0 Å².